The maximum Gasteiger partial charge on any atom is 0.119 e. The van der Waals surface area contributed by atoms with E-state index >= 15 is 0 Å². The lowest BCUT2D eigenvalue weighted by atomic mass is 10.1. The molecule has 0 saturated carbocycles. The van der Waals surface area contributed by atoms with Gasteiger partial charge in [-0.05, 0) is 12.3 Å². The maximum atomic E-state index is 8.30. The zero-order chi connectivity index (χ0) is 7.28. The molecule has 0 aliphatic heterocycles. The van der Waals surface area contributed by atoms with Gasteiger partial charge >= 0.3 is 0 Å². The van der Waals surface area contributed by atoms with Crippen LogP contribution in [0.1, 0.15) is 20.3 Å². The minimum absolute atomic E-state index is 0.412. The Bertz CT molecular complexity index is 106. The number of nitrogens with one attached hydrogen (secondary N) is 1. The molecular formula is C6H12N2O. The molecule has 0 saturated heterocycles. The van der Waals surface area contributed by atoms with E-state index in [-0.39, 0.29) is 0 Å². The van der Waals surface area contributed by atoms with Crippen LogP contribution in [0.2, 0.25) is 0 Å². The van der Waals surface area contributed by atoms with Crippen LogP contribution >= 0.6 is 0 Å². The Balaban J connectivity index is 3.47. The minimum atomic E-state index is -0.412. The van der Waals surface area contributed by atoms with Crippen molar-refractivity contribution in [3.63, 3.8) is 0 Å². The Morgan fingerprint density at radius 2 is 2.22 bits per heavy atom. The fourth-order valence-corrected chi connectivity index (χ4v) is 0.606. The summed E-state index contributed by atoms with van der Waals surface area (Å²) in [6.07, 6.45) is 0.688. The van der Waals surface area contributed by atoms with E-state index in [0.29, 0.717) is 12.3 Å². The predicted molar refractivity (Wildman–Crippen MR) is 33.8 cm³/mol. The normalized spacial score (nSPS) is 13.2. The van der Waals surface area contributed by atoms with Crippen molar-refractivity contribution < 1.29 is 5.21 Å². The summed E-state index contributed by atoms with van der Waals surface area (Å²) in [4.78, 5) is 0. The van der Waals surface area contributed by atoms with Crippen molar-refractivity contribution in [2.45, 2.75) is 26.3 Å². The lowest BCUT2D eigenvalue weighted by Crippen LogP contribution is -2.25. The Hall–Kier alpha value is -0.590. The largest absolute Gasteiger partial charge is 0.316 e. The van der Waals surface area contributed by atoms with Gasteiger partial charge in [0.2, 0.25) is 0 Å². The van der Waals surface area contributed by atoms with Crippen molar-refractivity contribution in [3.8, 4) is 6.07 Å². The fraction of sp³-hybridized carbons (Fsp3) is 0.833. The SMILES string of the molecule is CC(C)CC(C#N)NO. The summed E-state index contributed by atoms with van der Waals surface area (Å²) < 4.78 is 0. The van der Waals surface area contributed by atoms with Gasteiger partial charge in [-0.25, -0.2) is 0 Å². The van der Waals surface area contributed by atoms with E-state index in [0.717, 1.165) is 0 Å². The smallest absolute Gasteiger partial charge is 0.119 e. The molecule has 52 valence electrons. The number of hydrogen-bond donors (Lipinski definition) is 2. The second kappa shape index (κ2) is 4.30. The molecule has 0 rings (SSSR count). The van der Waals surface area contributed by atoms with Crippen LogP contribution < -0.4 is 5.48 Å². The van der Waals surface area contributed by atoms with Gasteiger partial charge in [0.1, 0.15) is 6.04 Å². The standard InChI is InChI=1S/C6H12N2O/c1-5(2)3-6(4-7)8-9/h5-6,8-9H,3H2,1-2H3. The average Bonchev–Trinajstić information content (AvgIpc) is 1.82. The van der Waals surface area contributed by atoms with Crippen LogP contribution in [0.15, 0.2) is 0 Å². The molecule has 0 fully saturated rings. The Labute approximate surface area is 55.3 Å². The van der Waals surface area contributed by atoms with Crippen LogP contribution in [0.4, 0.5) is 0 Å². The predicted octanol–water partition coefficient (Wildman–Crippen LogP) is 0.903. The van der Waals surface area contributed by atoms with Gasteiger partial charge < -0.3 is 5.21 Å². The monoisotopic (exact) mass is 128 g/mol. The van der Waals surface area contributed by atoms with Gasteiger partial charge in [-0.1, -0.05) is 13.8 Å². The van der Waals surface area contributed by atoms with Gasteiger partial charge in [0.25, 0.3) is 0 Å². The van der Waals surface area contributed by atoms with Crippen molar-refractivity contribution in [2.75, 3.05) is 0 Å². The van der Waals surface area contributed by atoms with E-state index in [1.807, 2.05) is 25.4 Å². The van der Waals surface area contributed by atoms with Gasteiger partial charge in [-0.15, -0.1) is 0 Å². The molecule has 1 unspecified atom stereocenters. The van der Waals surface area contributed by atoms with E-state index in [1.54, 1.807) is 0 Å². The third kappa shape index (κ3) is 3.95. The van der Waals surface area contributed by atoms with Gasteiger partial charge in [-0.3, -0.25) is 0 Å². The first-order chi connectivity index (χ1) is 4.20. The molecule has 0 aliphatic rings. The molecule has 0 aliphatic carbocycles. The molecule has 0 aromatic heterocycles. The highest BCUT2D eigenvalue weighted by atomic mass is 16.5. The highest BCUT2D eigenvalue weighted by molar-refractivity contribution is 4.87. The topological polar surface area (TPSA) is 56.0 Å². The molecule has 1 atom stereocenters. The van der Waals surface area contributed by atoms with E-state index in [9.17, 15) is 0 Å². The van der Waals surface area contributed by atoms with E-state index in [1.165, 1.54) is 0 Å². The molecule has 0 aromatic rings. The number of rotatable bonds is 3. The van der Waals surface area contributed by atoms with Gasteiger partial charge in [0.05, 0.1) is 6.07 Å². The number of nitrogens with zero attached hydrogens (tertiary/aromatic N) is 1. The van der Waals surface area contributed by atoms with Crippen LogP contribution in [0.25, 0.3) is 0 Å². The van der Waals surface area contributed by atoms with Gasteiger partial charge in [0, 0.05) is 0 Å². The third-order valence-corrected chi connectivity index (χ3v) is 1.02. The van der Waals surface area contributed by atoms with Crippen molar-refractivity contribution in [1.29, 1.82) is 5.26 Å². The molecule has 0 bridgehead atoms. The highest BCUT2D eigenvalue weighted by Crippen LogP contribution is 2.02. The molecule has 3 nitrogen and oxygen atoms in total. The van der Waals surface area contributed by atoms with Crippen LogP contribution in [-0.4, -0.2) is 11.2 Å². The van der Waals surface area contributed by atoms with Crippen molar-refractivity contribution in [2.24, 2.45) is 5.92 Å². The molecule has 0 heterocycles. The molecule has 0 amide bonds. The fourth-order valence-electron chi connectivity index (χ4n) is 0.606. The third-order valence-electron chi connectivity index (χ3n) is 1.02. The zero-order valence-electron chi connectivity index (χ0n) is 5.76. The van der Waals surface area contributed by atoms with Crippen molar-refractivity contribution in [1.82, 2.24) is 5.48 Å². The quantitative estimate of drug-likeness (QED) is 0.555. The summed E-state index contributed by atoms with van der Waals surface area (Å²) in [7, 11) is 0. The summed E-state index contributed by atoms with van der Waals surface area (Å²) in [5, 5.41) is 16.6. The number of hydroxylamine groups is 1. The van der Waals surface area contributed by atoms with E-state index in [2.05, 4.69) is 0 Å². The number of hydrogen-bond acceptors (Lipinski definition) is 3. The van der Waals surface area contributed by atoms with Gasteiger partial charge in [-0.2, -0.15) is 10.7 Å². The summed E-state index contributed by atoms with van der Waals surface area (Å²) in [6.45, 7) is 4.00. The second-order valence-electron chi connectivity index (χ2n) is 2.44. The Morgan fingerprint density at radius 3 is 2.33 bits per heavy atom. The molecule has 9 heavy (non-hydrogen) atoms. The minimum Gasteiger partial charge on any atom is -0.316 e. The lowest BCUT2D eigenvalue weighted by molar-refractivity contribution is 0.137. The average molecular weight is 128 g/mol. The first-order valence-corrected chi connectivity index (χ1v) is 3.00. The van der Waals surface area contributed by atoms with E-state index in [4.69, 9.17) is 10.5 Å². The number of nitriles is 1. The van der Waals surface area contributed by atoms with E-state index < -0.39 is 6.04 Å². The molecular weight excluding hydrogens is 116 g/mol. The Kier molecular flexibility index (Phi) is 4.02. The summed E-state index contributed by atoms with van der Waals surface area (Å²) >= 11 is 0. The highest BCUT2D eigenvalue weighted by Gasteiger charge is 2.06. The zero-order valence-corrected chi connectivity index (χ0v) is 5.76. The molecule has 0 spiro atoms. The summed E-state index contributed by atoms with van der Waals surface area (Å²) in [5.74, 6) is 0.439. The summed E-state index contributed by atoms with van der Waals surface area (Å²) in [5.41, 5.74) is 1.92. The van der Waals surface area contributed by atoms with Crippen LogP contribution in [0.3, 0.4) is 0 Å². The van der Waals surface area contributed by atoms with Crippen LogP contribution in [0.5, 0.6) is 0 Å². The first-order valence-electron chi connectivity index (χ1n) is 3.00. The second-order valence-corrected chi connectivity index (χ2v) is 2.44. The van der Waals surface area contributed by atoms with Crippen LogP contribution in [-0.2, 0) is 0 Å². The van der Waals surface area contributed by atoms with Crippen molar-refractivity contribution in [3.05, 3.63) is 0 Å². The maximum absolute atomic E-state index is 8.30. The van der Waals surface area contributed by atoms with Gasteiger partial charge in [0.15, 0.2) is 0 Å². The Morgan fingerprint density at radius 1 is 1.67 bits per heavy atom. The molecule has 3 heteroatoms. The molecule has 0 aromatic carbocycles. The first kappa shape index (κ1) is 8.41. The van der Waals surface area contributed by atoms with Crippen molar-refractivity contribution >= 4 is 0 Å². The van der Waals surface area contributed by atoms with Crippen LogP contribution in [0, 0.1) is 17.2 Å². The lowest BCUT2D eigenvalue weighted by Gasteiger charge is -2.07. The molecule has 0 radical (unpaired) electrons. The summed E-state index contributed by atoms with van der Waals surface area (Å²) in [6, 6.07) is 1.51. The molecule has 2 N–H and O–H groups in total.